The van der Waals surface area contributed by atoms with Crippen molar-refractivity contribution in [1.82, 2.24) is 14.3 Å². The normalized spacial score (nSPS) is 17.1. The third-order valence-corrected chi connectivity index (χ3v) is 8.06. The number of anilines is 3. The number of ether oxygens (including phenoxy) is 1. The fourth-order valence-electron chi connectivity index (χ4n) is 4.95. The molecule has 0 amide bonds. The van der Waals surface area contributed by atoms with Gasteiger partial charge < -0.3 is 15.0 Å². The molecule has 3 aromatic rings. The average Bonchev–Trinajstić information content (AvgIpc) is 2.83. The third kappa shape index (κ3) is 5.17. The second-order valence-corrected chi connectivity index (χ2v) is 12.7. The van der Waals surface area contributed by atoms with Crippen molar-refractivity contribution in [2.24, 2.45) is 0 Å². The number of aromatic nitrogens is 2. The summed E-state index contributed by atoms with van der Waals surface area (Å²) in [5, 5.41) is 3.07. The second kappa shape index (κ2) is 9.46. The number of benzene rings is 2. The van der Waals surface area contributed by atoms with E-state index in [1.54, 1.807) is 6.07 Å². The molecule has 0 spiro atoms. The van der Waals surface area contributed by atoms with Gasteiger partial charge in [0.2, 0.25) is 16.0 Å². The zero-order valence-electron chi connectivity index (χ0n) is 22.0. The van der Waals surface area contributed by atoms with Crippen LogP contribution in [0.1, 0.15) is 38.8 Å². The largest absolute Gasteiger partial charge is 0.481 e. The number of fused-ring (bicyclic) bond motifs is 2. The van der Waals surface area contributed by atoms with Crippen LogP contribution >= 0.6 is 0 Å². The zero-order chi connectivity index (χ0) is 27.4. The fraction of sp³-hybridized carbons (Fsp3) is 0.407. The van der Waals surface area contributed by atoms with Crippen LogP contribution in [0.4, 0.5) is 26.1 Å². The smallest absolute Gasteiger partial charge is 0.227 e. The lowest BCUT2D eigenvalue weighted by molar-refractivity contribution is 0.0967. The topological polar surface area (TPSA) is 87.7 Å². The molecule has 38 heavy (non-hydrogen) atoms. The number of rotatable bonds is 5. The van der Waals surface area contributed by atoms with Crippen LogP contribution in [0.5, 0.6) is 5.75 Å². The van der Waals surface area contributed by atoms with Crippen LogP contribution in [0, 0.1) is 11.6 Å². The molecule has 0 saturated carbocycles. The summed E-state index contributed by atoms with van der Waals surface area (Å²) < 4.78 is 61.6. The van der Waals surface area contributed by atoms with Crippen LogP contribution in [0.3, 0.4) is 0 Å². The van der Waals surface area contributed by atoms with Crippen molar-refractivity contribution in [2.75, 3.05) is 29.6 Å². The Kier molecular flexibility index (Phi) is 6.55. The number of nitrogens with zero attached hydrogens (tertiary/aromatic N) is 4. The minimum atomic E-state index is -3.30. The molecule has 0 fully saturated rings. The van der Waals surface area contributed by atoms with Gasteiger partial charge in [-0.15, -0.1) is 0 Å². The summed E-state index contributed by atoms with van der Waals surface area (Å²) in [5.41, 5.74) is 2.78. The molecular weight excluding hydrogens is 512 g/mol. The van der Waals surface area contributed by atoms with Crippen LogP contribution in [0.2, 0.25) is 0 Å². The van der Waals surface area contributed by atoms with E-state index >= 15 is 4.39 Å². The Bertz CT molecular complexity index is 1510. The Labute approximate surface area is 221 Å². The second-order valence-electron chi connectivity index (χ2n) is 10.7. The fourth-order valence-corrected chi connectivity index (χ4v) is 5.74. The molecule has 0 aliphatic carbocycles. The standard InChI is InChI=1S/C27H31F2N5O3S/c1-16(2)34-15-27(3,4)37-25-21(28)11-18(12-23(25)34)24-22(29)13-30-26(32-24)31-20-7-6-17-8-9-33(38(5,35)36)14-19(17)10-20/h6-7,10-13,16H,8-9,14-15H2,1-5H3,(H,30,31,32). The van der Waals surface area contributed by atoms with E-state index in [1.165, 1.54) is 16.6 Å². The Morgan fingerprint density at radius 1 is 1.11 bits per heavy atom. The maximum Gasteiger partial charge on any atom is 0.227 e. The first-order valence-corrected chi connectivity index (χ1v) is 14.3. The van der Waals surface area contributed by atoms with Gasteiger partial charge in [0.15, 0.2) is 17.4 Å². The highest BCUT2D eigenvalue weighted by Crippen LogP contribution is 2.43. The Morgan fingerprint density at radius 2 is 1.87 bits per heavy atom. The van der Waals surface area contributed by atoms with E-state index in [1.807, 2.05) is 50.8 Å². The molecule has 2 aliphatic rings. The van der Waals surface area contributed by atoms with Crippen molar-refractivity contribution in [3.05, 3.63) is 59.3 Å². The molecule has 1 aromatic heterocycles. The molecule has 2 aliphatic heterocycles. The monoisotopic (exact) mass is 543 g/mol. The van der Waals surface area contributed by atoms with Gasteiger partial charge in [-0.1, -0.05) is 6.07 Å². The number of hydrogen-bond acceptors (Lipinski definition) is 7. The van der Waals surface area contributed by atoms with Gasteiger partial charge in [-0.25, -0.2) is 27.2 Å². The molecular formula is C27H31F2N5O3S. The molecule has 0 saturated heterocycles. The lowest BCUT2D eigenvalue weighted by atomic mass is 10.0. The zero-order valence-corrected chi connectivity index (χ0v) is 22.9. The lowest BCUT2D eigenvalue weighted by Gasteiger charge is -2.43. The first kappa shape index (κ1) is 26.3. The highest BCUT2D eigenvalue weighted by Gasteiger charge is 2.35. The van der Waals surface area contributed by atoms with Crippen molar-refractivity contribution in [3.8, 4) is 17.0 Å². The van der Waals surface area contributed by atoms with E-state index in [4.69, 9.17) is 4.74 Å². The van der Waals surface area contributed by atoms with E-state index in [0.717, 1.165) is 17.3 Å². The highest BCUT2D eigenvalue weighted by atomic mass is 32.2. The Hall–Kier alpha value is -3.31. The molecule has 5 rings (SSSR count). The molecule has 202 valence electrons. The predicted molar refractivity (Wildman–Crippen MR) is 143 cm³/mol. The Morgan fingerprint density at radius 3 is 2.58 bits per heavy atom. The van der Waals surface area contributed by atoms with E-state index in [0.29, 0.717) is 30.9 Å². The summed E-state index contributed by atoms with van der Waals surface area (Å²) in [5.74, 6) is -0.997. The summed E-state index contributed by atoms with van der Waals surface area (Å²) in [6, 6.07) is 8.62. The molecule has 8 nitrogen and oxygen atoms in total. The van der Waals surface area contributed by atoms with Crippen LogP contribution in [-0.2, 0) is 23.0 Å². The van der Waals surface area contributed by atoms with Crippen molar-refractivity contribution in [2.45, 2.75) is 52.3 Å². The number of sulfonamides is 1. The van der Waals surface area contributed by atoms with E-state index < -0.39 is 27.3 Å². The number of nitrogens with one attached hydrogen (secondary N) is 1. The van der Waals surface area contributed by atoms with Gasteiger partial charge in [0.1, 0.15) is 11.3 Å². The maximum absolute atomic E-state index is 15.3. The van der Waals surface area contributed by atoms with Gasteiger partial charge in [0.25, 0.3) is 0 Å². The van der Waals surface area contributed by atoms with Crippen molar-refractivity contribution in [1.29, 1.82) is 0 Å². The average molecular weight is 544 g/mol. The minimum absolute atomic E-state index is 0.0426. The van der Waals surface area contributed by atoms with E-state index in [2.05, 4.69) is 15.3 Å². The van der Waals surface area contributed by atoms with Crippen molar-refractivity contribution >= 4 is 27.3 Å². The van der Waals surface area contributed by atoms with Crippen molar-refractivity contribution < 1.29 is 21.9 Å². The quantitative estimate of drug-likeness (QED) is 0.491. The molecule has 11 heteroatoms. The minimum Gasteiger partial charge on any atom is -0.481 e. The summed E-state index contributed by atoms with van der Waals surface area (Å²) in [4.78, 5) is 10.5. The first-order chi connectivity index (χ1) is 17.8. The predicted octanol–water partition coefficient (Wildman–Crippen LogP) is 4.87. The van der Waals surface area contributed by atoms with E-state index in [-0.39, 0.29) is 35.5 Å². The summed E-state index contributed by atoms with van der Waals surface area (Å²) in [7, 11) is -3.30. The number of hydrogen-bond donors (Lipinski definition) is 1. The Balaban J connectivity index is 1.47. The van der Waals surface area contributed by atoms with Crippen LogP contribution in [0.15, 0.2) is 36.5 Å². The van der Waals surface area contributed by atoms with Crippen LogP contribution in [-0.4, -0.2) is 53.7 Å². The molecule has 0 bridgehead atoms. The molecule has 3 heterocycles. The molecule has 2 aromatic carbocycles. The SMILES string of the molecule is CC(C)N1CC(C)(C)Oc2c(F)cc(-c3nc(Nc4ccc5c(c4)CN(S(C)(=O)=O)CC5)ncc3F)cc21. The molecule has 0 atom stereocenters. The van der Waals surface area contributed by atoms with E-state index in [9.17, 15) is 12.8 Å². The molecule has 1 N–H and O–H groups in total. The first-order valence-electron chi connectivity index (χ1n) is 12.5. The highest BCUT2D eigenvalue weighted by molar-refractivity contribution is 7.88. The van der Waals surface area contributed by atoms with Gasteiger partial charge in [0, 0.05) is 30.4 Å². The molecule has 0 unspecified atom stereocenters. The summed E-state index contributed by atoms with van der Waals surface area (Å²) in [6.45, 7) is 9.10. The van der Waals surface area contributed by atoms with Crippen molar-refractivity contribution in [3.63, 3.8) is 0 Å². The van der Waals surface area contributed by atoms with Gasteiger partial charge in [-0.2, -0.15) is 4.31 Å². The van der Waals surface area contributed by atoms with Crippen LogP contribution < -0.4 is 15.0 Å². The van der Waals surface area contributed by atoms with Gasteiger partial charge in [-0.3, -0.25) is 0 Å². The number of halogens is 2. The van der Waals surface area contributed by atoms with Gasteiger partial charge in [-0.05, 0) is 69.5 Å². The molecule has 0 radical (unpaired) electrons. The van der Waals surface area contributed by atoms with Gasteiger partial charge in [0.05, 0.1) is 24.7 Å². The summed E-state index contributed by atoms with van der Waals surface area (Å²) in [6.07, 6.45) is 2.87. The summed E-state index contributed by atoms with van der Waals surface area (Å²) >= 11 is 0. The van der Waals surface area contributed by atoms with Gasteiger partial charge >= 0.3 is 0 Å². The lowest BCUT2D eigenvalue weighted by Crippen LogP contribution is -2.49. The van der Waals surface area contributed by atoms with Crippen LogP contribution in [0.25, 0.3) is 11.3 Å². The third-order valence-electron chi connectivity index (χ3n) is 6.81. The maximum atomic E-state index is 15.3.